The van der Waals surface area contributed by atoms with Gasteiger partial charge >= 0.3 is 0 Å². The molecule has 8 rings (SSSR count). The summed E-state index contributed by atoms with van der Waals surface area (Å²) in [5, 5.41) is 5.38. The third-order valence-corrected chi connectivity index (χ3v) is 9.38. The first kappa shape index (κ1) is 23.5. The number of rotatable bonds is 3. The third-order valence-electron chi connectivity index (χ3n) is 9.38. The number of benzene rings is 3. The normalized spacial score (nSPS) is 26.1. The Bertz CT molecular complexity index is 1910. The van der Waals surface area contributed by atoms with Crippen molar-refractivity contribution >= 4 is 21.9 Å². The van der Waals surface area contributed by atoms with Gasteiger partial charge in [-0.15, -0.1) is 0 Å². The van der Waals surface area contributed by atoms with Crippen molar-refractivity contribution in [2.24, 2.45) is 23.7 Å². The van der Waals surface area contributed by atoms with Crippen LogP contribution in [0, 0.1) is 23.7 Å². The Kier molecular flexibility index (Phi) is 5.66. The molecule has 0 amide bonds. The van der Waals surface area contributed by atoms with Crippen molar-refractivity contribution in [2.45, 2.75) is 12.8 Å². The van der Waals surface area contributed by atoms with E-state index in [1.807, 2.05) is 0 Å². The highest BCUT2D eigenvalue weighted by molar-refractivity contribution is 5.88. The van der Waals surface area contributed by atoms with Crippen LogP contribution in [0.1, 0.15) is 18.4 Å². The first-order chi connectivity index (χ1) is 19.8. The molecule has 0 N–H and O–H groups in total. The Hall–Kier alpha value is -4.42. The van der Waals surface area contributed by atoms with Crippen LogP contribution in [0.25, 0.3) is 21.9 Å². The van der Waals surface area contributed by atoms with Gasteiger partial charge in [-0.1, -0.05) is 140 Å². The highest BCUT2D eigenvalue weighted by atomic mass is 14.4. The zero-order valence-corrected chi connectivity index (χ0v) is 22.6. The largest absolute Gasteiger partial charge is 0.0767 e. The van der Waals surface area contributed by atoms with Crippen LogP contribution >= 0.6 is 0 Å². The Morgan fingerprint density at radius 3 is 1.90 bits per heavy atom. The van der Waals surface area contributed by atoms with E-state index >= 15 is 0 Å². The Morgan fingerprint density at radius 2 is 1.10 bits per heavy atom. The molecule has 4 unspecified atom stereocenters. The minimum absolute atomic E-state index is 0.327. The van der Waals surface area contributed by atoms with Gasteiger partial charge in [0.1, 0.15) is 0 Å². The molecule has 0 bridgehead atoms. The standard InChI is InChI=1S/C40H32/c1-2-12-31-26-32(25-20-27(31)10-1)40-37-17-7-5-15-35(37)39(36-16-6-8-18-38(36)40)30-23-21-29(22-24-30)34-19-9-13-28-11-3-4-14-33(28)34/h1-21,23,25-26,28,33,35,37H,22,24H2. The van der Waals surface area contributed by atoms with Crippen LogP contribution < -0.4 is 10.4 Å². The van der Waals surface area contributed by atoms with Crippen LogP contribution in [-0.4, -0.2) is 0 Å². The summed E-state index contributed by atoms with van der Waals surface area (Å²) in [6.45, 7) is 0. The van der Waals surface area contributed by atoms with Gasteiger partial charge in [0.05, 0.1) is 0 Å². The fourth-order valence-electron chi connectivity index (χ4n) is 7.50. The number of hydrogen-bond donors (Lipinski definition) is 0. The Balaban J connectivity index is 1.29. The molecule has 5 aliphatic rings. The summed E-state index contributed by atoms with van der Waals surface area (Å²) in [4.78, 5) is 0. The fourth-order valence-corrected chi connectivity index (χ4v) is 7.50. The van der Waals surface area contributed by atoms with Crippen molar-refractivity contribution in [1.82, 2.24) is 0 Å². The van der Waals surface area contributed by atoms with Gasteiger partial charge in [0.15, 0.2) is 0 Å². The molecule has 0 heteroatoms. The van der Waals surface area contributed by atoms with Crippen LogP contribution in [0.4, 0.5) is 0 Å². The average Bonchev–Trinajstić information content (AvgIpc) is 3.03. The highest BCUT2D eigenvalue weighted by Crippen LogP contribution is 2.44. The lowest BCUT2D eigenvalue weighted by atomic mass is 9.68. The van der Waals surface area contributed by atoms with Crippen LogP contribution in [-0.2, 0) is 0 Å². The molecule has 0 radical (unpaired) electrons. The molecule has 0 heterocycles. The zero-order valence-electron chi connectivity index (χ0n) is 22.6. The SMILES string of the molecule is C1=CC2C=CC=C(C3=CC=C(C4=c5ccccc5=C(c5ccc6ccccc6c5)C5C=CC=CC45)CC3)C2C=C1. The van der Waals surface area contributed by atoms with Crippen molar-refractivity contribution in [3.8, 4) is 0 Å². The smallest absolute Gasteiger partial charge is 0.0137 e. The first-order valence-corrected chi connectivity index (χ1v) is 14.7. The average molecular weight is 513 g/mol. The lowest BCUT2D eigenvalue weighted by molar-refractivity contribution is 0.621. The van der Waals surface area contributed by atoms with Gasteiger partial charge in [0.2, 0.25) is 0 Å². The van der Waals surface area contributed by atoms with E-state index in [1.165, 1.54) is 54.6 Å². The lowest BCUT2D eigenvalue weighted by Gasteiger charge is -2.35. The van der Waals surface area contributed by atoms with Crippen molar-refractivity contribution in [3.63, 3.8) is 0 Å². The first-order valence-electron chi connectivity index (χ1n) is 14.7. The monoisotopic (exact) mass is 512 g/mol. The van der Waals surface area contributed by atoms with Crippen molar-refractivity contribution in [2.75, 3.05) is 0 Å². The van der Waals surface area contributed by atoms with E-state index in [0.717, 1.165) is 12.8 Å². The Morgan fingerprint density at radius 1 is 0.475 bits per heavy atom. The molecular weight excluding hydrogens is 480 g/mol. The van der Waals surface area contributed by atoms with Crippen molar-refractivity contribution in [3.05, 3.63) is 178 Å². The molecular formula is C40H32. The molecule has 0 spiro atoms. The molecule has 3 aromatic rings. The second-order valence-electron chi connectivity index (χ2n) is 11.5. The summed E-state index contributed by atoms with van der Waals surface area (Å²) in [6, 6.07) is 24.8. The number of fused-ring (bicyclic) bond motifs is 4. The summed E-state index contributed by atoms with van der Waals surface area (Å²) in [6.07, 6.45) is 32.4. The van der Waals surface area contributed by atoms with E-state index < -0.39 is 0 Å². The zero-order chi connectivity index (χ0) is 26.5. The van der Waals surface area contributed by atoms with E-state index in [-0.39, 0.29) is 0 Å². The van der Waals surface area contributed by atoms with Gasteiger partial charge < -0.3 is 0 Å². The van der Waals surface area contributed by atoms with Gasteiger partial charge in [-0.25, -0.2) is 0 Å². The summed E-state index contributed by atoms with van der Waals surface area (Å²) in [5.74, 6) is 1.62. The molecule has 0 saturated carbocycles. The predicted molar refractivity (Wildman–Crippen MR) is 169 cm³/mol. The van der Waals surface area contributed by atoms with Crippen LogP contribution in [0.2, 0.25) is 0 Å². The molecule has 0 fully saturated rings. The van der Waals surface area contributed by atoms with E-state index in [9.17, 15) is 0 Å². The fraction of sp³-hybridized carbons (Fsp3) is 0.150. The van der Waals surface area contributed by atoms with E-state index in [4.69, 9.17) is 0 Å². The second-order valence-corrected chi connectivity index (χ2v) is 11.5. The van der Waals surface area contributed by atoms with Gasteiger partial charge in [-0.2, -0.15) is 0 Å². The molecule has 4 atom stereocenters. The van der Waals surface area contributed by atoms with Crippen LogP contribution in [0.5, 0.6) is 0 Å². The van der Waals surface area contributed by atoms with Gasteiger partial charge in [-0.05, 0) is 73.5 Å². The summed E-state index contributed by atoms with van der Waals surface area (Å²) < 4.78 is 0. The van der Waals surface area contributed by atoms with Gasteiger partial charge in [0.25, 0.3) is 0 Å². The number of hydrogen-bond acceptors (Lipinski definition) is 0. The summed E-state index contributed by atoms with van der Waals surface area (Å²) in [5.41, 5.74) is 8.77. The highest BCUT2D eigenvalue weighted by Gasteiger charge is 2.33. The topological polar surface area (TPSA) is 0 Å². The Labute approximate surface area is 236 Å². The van der Waals surface area contributed by atoms with Crippen molar-refractivity contribution in [1.29, 1.82) is 0 Å². The maximum atomic E-state index is 2.44. The van der Waals surface area contributed by atoms with Crippen molar-refractivity contribution < 1.29 is 0 Å². The lowest BCUT2D eigenvalue weighted by Crippen LogP contribution is -2.40. The second kappa shape index (κ2) is 9.65. The maximum Gasteiger partial charge on any atom is 0.0137 e. The number of allylic oxidation sites excluding steroid dienone is 16. The molecule has 40 heavy (non-hydrogen) atoms. The maximum absolute atomic E-state index is 2.44. The third kappa shape index (κ3) is 3.82. The molecule has 5 aliphatic carbocycles. The van der Waals surface area contributed by atoms with E-state index in [1.54, 1.807) is 0 Å². The molecule has 0 saturated heterocycles. The van der Waals surface area contributed by atoms with Crippen LogP contribution in [0.15, 0.2) is 162 Å². The molecule has 192 valence electrons. The quantitative estimate of drug-likeness (QED) is 0.333. The van der Waals surface area contributed by atoms with Gasteiger partial charge in [0, 0.05) is 23.7 Å². The van der Waals surface area contributed by atoms with E-state index in [0.29, 0.717) is 23.7 Å². The molecule has 0 aliphatic heterocycles. The molecule has 0 nitrogen and oxygen atoms in total. The summed E-state index contributed by atoms with van der Waals surface area (Å²) in [7, 11) is 0. The van der Waals surface area contributed by atoms with Crippen LogP contribution in [0.3, 0.4) is 0 Å². The predicted octanol–water partition coefficient (Wildman–Crippen LogP) is 8.06. The minimum Gasteiger partial charge on any atom is -0.0767 e. The van der Waals surface area contributed by atoms with Gasteiger partial charge in [-0.3, -0.25) is 0 Å². The molecule has 0 aromatic heterocycles. The summed E-state index contributed by atoms with van der Waals surface area (Å²) >= 11 is 0. The molecule has 3 aromatic carbocycles. The van der Waals surface area contributed by atoms with E-state index in [2.05, 4.69) is 146 Å². The minimum atomic E-state index is 0.327.